The molecular formula is C20H19O2P. The highest BCUT2D eigenvalue weighted by Crippen LogP contribution is 2.46. The van der Waals surface area contributed by atoms with Gasteiger partial charge in [0, 0.05) is 0 Å². The van der Waals surface area contributed by atoms with E-state index in [2.05, 4.69) is 0 Å². The molecule has 0 fully saturated rings. The lowest BCUT2D eigenvalue weighted by atomic mass is 10.1. The largest absolute Gasteiger partial charge is 0.437 e. The van der Waals surface area contributed by atoms with Crippen molar-refractivity contribution in [2.75, 3.05) is 0 Å². The van der Waals surface area contributed by atoms with Gasteiger partial charge in [0.1, 0.15) is 5.75 Å². The molecule has 0 aliphatic heterocycles. The van der Waals surface area contributed by atoms with Crippen LogP contribution in [0.4, 0.5) is 0 Å². The van der Waals surface area contributed by atoms with Gasteiger partial charge in [0.15, 0.2) is 0 Å². The molecule has 3 rings (SSSR count). The highest BCUT2D eigenvalue weighted by Gasteiger charge is 2.30. The van der Waals surface area contributed by atoms with Crippen molar-refractivity contribution in [3.05, 3.63) is 90.0 Å². The van der Waals surface area contributed by atoms with E-state index in [9.17, 15) is 4.57 Å². The minimum Gasteiger partial charge on any atom is -0.437 e. The number of benzene rings is 3. The van der Waals surface area contributed by atoms with E-state index in [0.29, 0.717) is 16.4 Å². The summed E-state index contributed by atoms with van der Waals surface area (Å²) in [5, 5.41) is 1.40. The zero-order chi connectivity index (χ0) is 16.3. The van der Waals surface area contributed by atoms with E-state index in [1.165, 1.54) is 0 Å². The topological polar surface area (TPSA) is 26.3 Å². The molecule has 0 saturated carbocycles. The van der Waals surface area contributed by atoms with Gasteiger partial charge in [-0.3, -0.25) is 4.57 Å². The third-order valence-electron chi connectivity index (χ3n) is 3.76. The Balaban J connectivity index is 2.14. The van der Waals surface area contributed by atoms with E-state index in [-0.39, 0.29) is 0 Å². The van der Waals surface area contributed by atoms with E-state index >= 15 is 0 Å². The van der Waals surface area contributed by atoms with Crippen LogP contribution in [-0.4, -0.2) is 0 Å². The monoisotopic (exact) mass is 322 g/mol. The summed E-state index contributed by atoms with van der Waals surface area (Å²) in [5.74, 6) is 0.668. The van der Waals surface area contributed by atoms with Gasteiger partial charge in [-0.15, -0.1) is 0 Å². The molecule has 2 nitrogen and oxygen atoms in total. The van der Waals surface area contributed by atoms with E-state index in [1.807, 2.05) is 92.7 Å². The van der Waals surface area contributed by atoms with Crippen LogP contribution in [0.5, 0.6) is 5.75 Å². The molecule has 0 aliphatic carbocycles. The summed E-state index contributed by atoms with van der Waals surface area (Å²) in [7, 11) is -3.19. The Hall–Kier alpha value is -2.31. The fourth-order valence-electron chi connectivity index (χ4n) is 2.45. The molecule has 3 heteroatoms. The molecule has 0 unspecified atom stereocenters. The van der Waals surface area contributed by atoms with Crippen molar-refractivity contribution in [1.29, 1.82) is 0 Å². The highest BCUT2D eigenvalue weighted by atomic mass is 31.2. The van der Waals surface area contributed by atoms with Gasteiger partial charge in [0.05, 0.1) is 10.6 Å². The maximum Gasteiger partial charge on any atom is 0.306 e. The lowest BCUT2D eigenvalue weighted by Gasteiger charge is -2.21. The Labute approximate surface area is 137 Å². The molecule has 0 N–H and O–H groups in total. The summed E-state index contributed by atoms with van der Waals surface area (Å²) >= 11 is 0. The maximum absolute atomic E-state index is 13.8. The fourth-order valence-corrected chi connectivity index (χ4v) is 4.56. The molecule has 0 bridgehead atoms. The van der Waals surface area contributed by atoms with Crippen LogP contribution in [0.3, 0.4) is 0 Å². The van der Waals surface area contributed by atoms with Gasteiger partial charge in [-0.05, 0) is 55.3 Å². The summed E-state index contributed by atoms with van der Waals surface area (Å²) in [5.41, 5.74) is 2.06. The van der Waals surface area contributed by atoms with Crippen LogP contribution < -0.4 is 15.1 Å². The van der Waals surface area contributed by atoms with Crippen molar-refractivity contribution >= 4 is 18.0 Å². The molecule has 0 saturated heterocycles. The lowest BCUT2D eigenvalue weighted by Crippen LogP contribution is -2.20. The predicted octanol–water partition coefficient (Wildman–Crippen LogP) is 4.61. The summed E-state index contributed by atoms with van der Waals surface area (Å²) in [6.45, 7) is 3.97. The van der Waals surface area contributed by atoms with Crippen molar-refractivity contribution in [2.45, 2.75) is 13.8 Å². The normalized spacial score (nSPS) is 11.2. The Morgan fingerprint density at radius 3 is 1.78 bits per heavy atom. The molecule has 0 spiro atoms. The van der Waals surface area contributed by atoms with Gasteiger partial charge in [-0.25, -0.2) is 0 Å². The second-order valence-corrected chi connectivity index (χ2v) is 7.90. The lowest BCUT2D eigenvalue weighted by molar-refractivity contribution is 0.500. The molecular weight excluding hydrogens is 303 g/mol. The van der Waals surface area contributed by atoms with Crippen molar-refractivity contribution in [3.63, 3.8) is 0 Å². The average molecular weight is 322 g/mol. The van der Waals surface area contributed by atoms with Gasteiger partial charge in [0.2, 0.25) is 0 Å². The zero-order valence-electron chi connectivity index (χ0n) is 13.3. The first kappa shape index (κ1) is 15.6. The van der Waals surface area contributed by atoms with Gasteiger partial charge in [-0.2, -0.15) is 0 Å². The van der Waals surface area contributed by atoms with Gasteiger partial charge < -0.3 is 4.52 Å². The maximum atomic E-state index is 13.8. The summed E-state index contributed by atoms with van der Waals surface area (Å²) < 4.78 is 20.0. The standard InChI is InChI=1S/C20H19O2P/c1-16-13-14-17(2)20(15-16)22-23(21,18-9-5-3-6-10-18)19-11-7-4-8-12-19/h3-15H,1-2H3. The second-order valence-electron chi connectivity index (χ2n) is 5.58. The number of rotatable bonds is 4. The van der Waals surface area contributed by atoms with Crippen molar-refractivity contribution < 1.29 is 9.09 Å². The van der Waals surface area contributed by atoms with Gasteiger partial charge in [-0.1, -0.05) is 48.5 Å². The van der Waals surface area contributed by atoms with Gasteiger partial charge >= 0.3 is 7.37 Å². The minimum atomic E-state index is -3.19. The first-order valence-corrected chi connectivity index (χ1v) is 9.20. The van der Waals surface area contributed by atoms with Gasteiger partial charge in [0.25, 0.3) is 0 Å². The van der Waals surface area contributed by atoms with E-state index < -0.39 is 7.37 Å². The third-order valence-corrected chi connectivity index (χ3v) is 6.17. The Kier molecular flexibility index (Phi) is 4.36. The third kappa shape index (κ3) is 3.23. The fraction of sp³-hybridized carbons (Fsp3) is 0.100. The number of hydrogen-bond acceptors (Lipinski definition) is 2. The van der Waals surface area contributed by atoms with Crippen LogP contribution in [0.1, 0.15) is 11.1 Å². The molecule has 0 amide bonds. The Morgan fingerprint density at radius 2 is 1.26 bits per heavy atom. The molecule has 3 aromatic carbocycles. The molecule has 3 aromatic rings. The van der Waals surface area contributed by atoms with Crippen LogP contribution in [0.25, 0.3) is 0 Å². The Bertz CT molecular complexity index is 799. The van der Waals surface area contributed by atoms with Crippen LogP contribution in [0.2, 0.25) is 0 Å². The summed E-state index contributed by atoms with van der Waals surface area (Å²) in [6, 6.07) is 24.8. The van der Waals surface area contributed by atoms with Crippen LogP contribution in [-0.2, 0) is 4.57 Å². The van der Waals surface area contributed by atoms with Crippen molar-refractivity contribution in [2.24, 2.45) is 0 Å². The minimum absolute atomic E-state index is 0.668. The molecule has 23 heavy (non-hydrogen) atoms. The van der Waals surface area contributed by atoms with Crippen LogP contribution in [0, 0.1) is 13.8 Å². The average Bonchev–Trinajstić information content (AvgIpc) is 2.59. The molecule has 0 heterocycles. The van der Waals surface area contributed by atoms with Crippen molar-refractivity contribution in [1.82, 2.24) is 0 Å². The van der Waals surface area contributed by atoms with E-state index in [0.717, 1.165) is 11.1 Å². The Morgan fingerprint density at radius 1 is 0.739 bits per heavy atom. The van der Waals surface area contributed by atoms with Crippen LogP contribution >= 0.6 is 7.37 Å². The summed E-state index contributed by atoms with van der Waals surface area (Å²) in [6.07, 6.45) is 0. The van der Waals surface area contributed by atoms with E-state index in [4.69, 9.17) is 4.52 Å². The molecule has 0 aromatic heterocycles. The van der Waals surface area contributed by atoms with Crippen LogP contribution in [0.15, 0.2) is 78.9 Å². The number of hydrogen-bond donors (Lipinski definition) is 0. The molecule has 0 radical (unpaired) electrons. The SMILES string of the molecule is Cc1ccc(C)c(OP(=O)(c2ccccc2)c2ccccc2)c1. The van der Waals surface area contributed by atoms with E-state index in [1.54, 1.807) is 0 Å². The molecule has 0 atom stereocenters. The number of aryl methyl sites for hydroxylation is 2. The first-order valence-electron chi connectivity index (χ1n) is 7.58. The van der Waals surface area contributed by atoms with Crippen molar-refractivity contribution in [3.8, 4) is 5.75 Å². The first-order chi connectivity index (χ1) is 11.1. The quantitative estimate of drug-likeness (QED) is 0.656. The summed E-state index contributed by atoms with van der Waals surface area (Å²) in [4.78, 5) is 0. The molecule has 116 valence electrons. The smallest absolute Gasteiger partial charge is 0.306 e. The second kappa shape index (κ2) is 6.44. The molecule has 0 aliphatic rings. The highest BCUT2D eigenvalue weighted by molar-refractivity contribution is 7.74. The zero-order valence-corrected chi connectivity index (χ0v) is 14.2. The predicted molar refractivity (Wildman–Crippen MR) is 96.3 cm³/mol.